The third-order valence-corrected chi connectivity index (χ3v) is 7.75. The molecule has 0 spiro atoms. The Morgan fingerprint density at radius 3 is 2.50 bits per heavy atom. The average molecular weight is 460 g/mol. The second-order valence-electron chi connectivity index (χ2n) is 7.51. The van der Waals surface area contributed by atoms with Gasteiger partial charge in [-0.1, -0.05) is 12.1 Å². The number of hydrogen-bond acceptors (Lipinski definition) is 5. The van der Waals surface area contributed by atoms with E-state index in [0.29, 0.717) is 21.2 Å². The van der Waals surface area contributed by atoms with Crippen molar-refractivity contribution in [2.24, 2.45) is 5.92 Å². The molecule has 5 rings (SSSR count). The lowest BCUT2D eigenvalue weighted by Gasteiger charge is -2.44. The molecule has 1 aromatic carbocycles. The smallest absolute Gasteiger partial charge is 0.347 e. The molecule has 4 heterocycles. The molecule has 2 N–H and O–H groups in total. The minimum absolute atomic E-state index is 0.130. The van der Waals surface area contributed by atoms with Crippen molar-refractivity contribution in [3.05, 3.63) is 41.3 Å². The molecule has 30 heavy (non-hydrogen) atoms. The van der Waals surface area contributed by atoms with E-state index in [1.165, 1.54) is 34.3 Å². The van der Waals surface area contributed by atoms with Crippen molar-refractivity contribution >= 4 is 33.0 Å². The number of rotatable bonds is 5. The minimum Gasteiger partial charge on any atom is -0.347 e. The summed E-state index contributed by atoms with van der Waals surface area (Å²) in [6, 6.07) is 9.15. The number of carbonyl (C=O) groups is 1. The molecular weight excluding hydrogens is 439 g/mol. The minimum atomic E-state index is -5.49. The summed E-state index contributed by atoms with van der Waals surface area (Å²) in [5.41, 5.74) is -5.08. The zero-order chi connectivity index (χ0) is 21.5. The zero-order valence-electron chi connectivity index (χ0n) is 15.8. The number of nitrogens with zero attached hydrogens (tertiary/aromatic N) is 1. The maximum Gasteiger partial charge on any atom is 0.516 e. The Balaban J connectivity index is 1.47. The highest BCUT2D eigenvalue weighted by atomic mass is 32.2. The van der Waals surface area contributed by atoms with Crippen molar-refractivity contribution in [2.45, 2.75) is 24.4 Å². The molecule has 3 aliphatic rings. The predicted octanol–water partition coefficient (Wildman–Crippen LogP) is 3.50. The van der Waals surface area contributed by atoms with Crippen LogP contribution < -0.4 is 10.0 Å². The van der Waals surface area contributed by atoms with E-state index >= 15 is 0 Å². The number of thiophene rings is 1. The number of piperidine rings is 3. The van der Waals surface area contributed by atoms with Crippen LogP contribution >= 0.6 is 11.3 Å². The highest BCUT2D eigenvalue weighted by Crippen LogP contribution is 2.32. The average Bonchev–Trinajstić information content (AvgIpc) is 3.18. The van der Waals surface area contributed by atoms with E-state index in [0.717, 1.165) is 32.5 Å². The van der Waals surface area contributed by atoms with Crippen molar-refractivity contribution in [3.63, 3.8) is 0 Å². The molecule has 0 saturated carbocycles. The van der Waals surface area contributed by atoms with E-state index in [1.54, 1.807) is 18.2 Å². The quantitative estimate of drug-likeness (QED) is 0.718. The molecular formula is C19H20F3N3O3S2. The first-order valence-electron chi connectivity index (χ1n) is 9.45. The number of sulfonamides is 1. The number of alkyl halides is 3. The van der Waals surface area contributed by atoms with Gasteiger partial charge in [0.05, 0.1) is 4.88 Å². The van der Waals surface area contributed by atoms with E-state index in [4.69, 9.17) is 0 Å². The highest BCUT2D eigenvalue weighted by molar-refractivity contribution is 7.93. The summed E-state index contributed by atoms with van der Waals surface area (Å²) in [4.78, 5) is 16.2. The summed E-state index contributed by atoms with van der Waals surface area (Å²) in [6.45, 7) is 3.01. The van der Waals surface area contributed by atoms with Gasteiger partial charge in [0.15, 0.2) is 0 Å². The molecule has 1 unspecified atom stereocenters. The van der Waals surface area contributed by atoms with Crippen LogP contribution in [0.4, 0.5) is 18.9 Å². The van der Waals surface area contributed by atoms with Crippen LogP contribution in [-0.4, -0.2) is 50.4 Å². The lowest BCUT2D eigenvalue weighted by atomic mass is 9.84. The molecule has 2 aromatic rings. The largest absolute Gasteiger partial charge is 0.516 e. The molecule has 0 aliphatic carbocycles. The predicted molar refractivity (Wildman–Crippen MR) is 109 cm³/mol. The van der Waals surface area contributed by atoms with Crippen molar-refractivity contribution < 1.29 is 26.4 Å². The molecule has 3 fully saturated rings. The summed E-state index contributed by atoms with van der Waals surface area (Å²) < 4.78 is 61.9. The standard InChI is InChI=1S/C19H20F3N3O3S2/c20-19(21,22)30(27,28)24-14-3-1-2-13(10-14)16-4-5-17(29-16)18(26)23-15-11-25-8-6-12(15)7-9-25/h1-5,10,12,15,24H,6-9,11H2,(H,23,26). The van der Waals surface area contributed by atoms with Gasteiger partial charge in [-0.3, -0.25) is 9.52 Å². The van der Waals surface area contributed by atoms with Gasteiger partial charge in [-0.2, -0.15) is 21.6 Å². The van der Waals surface area contributed by atoms with Crippen molar-refractivity contribution in [2.75, 3.05) is 24.4 Å². The van der Waals surface area contributed by atoms with Crippen LogP contribution in [0.25, 0.3) is 10.4 Å². The van der Waals surface area contributed by atoms with Gasteiger partial charge in [0, 0.05) is 23.2 Å². The highest BCUT2D eigenvalue weighted by Gasteiger charge is 2.46. The normalized spacial score (nSPS) is 23.9. The molecule has 1 aromatic heterocycles. The third-order valence-electron chi connectivity index (χ3n) is 5.51. The van der Waals surface area contributed by atoms with Gasteiger partial charge in [0.1, 0.15) is 0 Å². The summed E-state index contributed by atoms with van der Waals surface area (Å²) in [7, 11) is -5.49. The topological polar surface area (TPSA) is 78.5 Å². The van der Waals surface area contributed by atoms with Gasteiger partial charge >= 0.3 is 15.5 Å². The Labute approximate surface area is 176 Å². The lowest BCUT2D eigenvalue weighted by Crippen LogP contribution is -2.57. The lowest BCUT2D eigenvalue weighted by molar-refractivity contribution is -0.0429. The van der Waals surface area contributed by atoms with Crippen LogP contribution in [0.5, 0.6) is 0 Å². The Morgan fingerprint density at radius 1 is 1.13 bits per heavy atom. The molecule has 11 heteroatoms. The molecule has 0 radical (unpaired) electrons. The molecule has 2 bridgehead atoms. The summed E-state index contributed by atoms with van der Waals surface area (Å²) >= 11 is 1.21. The van der Waals surface area contributed by atoms with Crippen molar-refractivity contribution in [3.8, 4) is 10.4 Å². The van der Waals surface area contributed by atoms with Gasteiger partial charge in [0.2, 0.25) is 0 Å². The molecule has 1 amide bonds. The van der Waals surface area contributed by atoms with Crippen LogP contribution in [0.15, 0.2) is 36.4 Å². The van der Waals surface area contributed by atoms with Crippen LogP contribution in [0.3, 0.4) is 0 Å². The SMILES string of the molecule is O=C(NC1CN2CCC1CC2)c1ccc(-c2cccc(NS(=O)(=O)C(F)(F)F)c2)s1. The van der Waals surface area contributed by atoms with Gasteiger partial charge in [-0.25, -0.2) is 0 Å². The molecule has 3 aliphatic heterocycles. The van der Waals surface area contributed by atoms with E-state index in [9.17, 15) is 26.4 Å². The van der Waals surface area contributed by atoms with E-state index < -0.39 is 15.5 Å². The second kappa shape index (κ2) is 7.86. The zero-order valence-corrected chi connectivity index (χ0v) is 17.4. The Kier molecular flexibility index (Phi) is 5.54. The van der Waals surface area contributed by atoms with Crippen molar-refractivity contribution in [1.29, 1.82) is 0 Å². The first-order valence-corrected chi connectivity index (χ1v) is 11.7. The fraction of sp³-hybridized carbons (Fsp3) is 0.421. The number of hydrogen-bond donors (Lipinski definition) is 2. The molecule has 3 saturated heterocycles. The molecule has 162 valence electrons. The first-order chi connectivity index (χ1) is 14.1. The van der Waals surface area contributed by atoms with Crippen LogP contribution in [0.1, 0.15) is 22.5 Å². The summed E-state index contributed by atoms with van der Waals surface area (Å²) in [5.74, 6) is 0.329. The number of nitrogens with one attached hydrogen (secondary N) is 2. The second-order valence-corrected chi connectivity index (χ2v) is 10.3. The Morgan fingerprint density at radius 2 is 1.87 bits per heavy atom. The van der Waals surface area contributed by atoms with E-state index in [-0.39, 0.29) is 17.6 Å². The number of carbonyl (C=O) groups excluding carboxylic acids is 1. The van der Waals surface area contributed by atoms with Crippen LogP contribution in [0.2, 0.25) is 0 Å². The fourth-order valence-corrected chi connectivity index (χ4v) is 5.39. The fourth-order valence-electron chi connectivity index (χ4n) is 3.93. The summed E-state index contributed by atoms with van der Waals surface area (Å²) in [5, 5.41) is 3.10. The summed E-state index contributed by atoms with van der Waals surface area (Å²) in [6.07, 6.45) is 2.17. The van der Waals surface area contributed by atoms with Gasteiger partial charge in [-0.05, 0) is 61.7 Å². The number of amides is 1. The van der Waals surface area contributed by atoms with Crippen LogP contribution in [-0.2, 0) is 10.0 Å². The van der Waals surface area contributed by atoms with Crippen LogP contribution in [0, 0.1) is 5.92 Å². The van der Waals surface area contributed by atoms with E-state index in [2.05, 4.69) is 10.2 Å². The third kappa shape index (κ3) is 4.33. The maximum atomic E-state index is 12.7. The van der Waals surface area contributed by atoms with Gasteiger partial charge in [0.25, 0.3) is 5.91 Å². The van der Waals surface area contributed by atoms with Crippen molar-refractivity contribution in [1.82, 2.24) is 10.2 Å². The maximum absolute atomic E-state index is 12.7. The number of benzene rings is 1. The Hall–Kier alpha value is -2.11. The first kappa shape index (κ1) is 21.1. The number of fused-ring (bicyclic) bond motifs is 3. The Bertz CT molecular complexity index is 1040. The van der Waals surface area contributed by atoms with E-state index in [1.807, 2.05) is 0 Å². The van der Waals surface area contributed by atoms with Gasteiger partial charge in [-0.15, -0.1) is 11.3 Å². The van der Waals surface area contributed by atoms with Gasteiger partial charge < -0.3 is 10.2 Å². The molecule has 6 nitrogen and oxygen atoms in total. The molecule has 1 atom stereocenters. The number of anilines is 1. The number of halogens is 3. The monoisotopic (exact) mass is 459 g/mol.